The minimum absolute atomic E-state index is 0.00423. The molecule has 4 rings (SSSR count). The van der Waals surface area contributed by atoms with E-state index >= 15 is 0 Å². The first kappa shape index (κ1) is 19.6. The van der Waals surface area contributed by atoms with Gasteiger partial charge < -0.3 is 4.57 Å². The van der Waals surface area contributed by atoms with Gasteiger partial charge in [-0.1, -0.05) is 27.5 Å². The molecule has 5 nitrogen and oxygen atoms in total. The van der Waals surface area contributed by atoms with Crippen molar-refractivity contribution in [3.05, 3.63) is 87.6 Å². The molecule has 144 valence electrons. The average molecular weight is 487 g/mol. The number of nitrogens with one attached hydrogen (secondary N) is 1. The van der Waals surface area contributed by atoms with Crippen LogP contribution in [0.25, 0.3) is 11.8 Å². The molecule has 1 saturated heterocycles. The maximum atomic E-state index is 13.1. The fraction of sp³-hybridized carbons (Fsp3) is 0. The largest absolute Gasteiger partial charge is 0.317 e. The summed E-state index contributed by atoms with van der Waals surface area (Å²) < 4.78 is 2.73. The Morgan fingerprint density at radius 2 is 1.62 bits per heavy atom. The highest BCUT2D eigenvalue weighted by atomic mass is 79.9. The molecule has 0 unspecified atom stereocenters. The van der Waals surface area contributed by atoms with E-state index in [9.17, 15) is 9.59 Å². The molecule has 2 heterocycles. The van der Waals surface area contributed by atoms with Crippen molar-refractivity contribution < 1.29 is 9.59 Å². The van der Waals surface area contributed by atoms with Crippen LogP contribution in [0.1, 0.15) is 5.69 Å². The number of halogens is 2. The Morgan fingerprint density at radius 3 is 2.31 bits per heavy atom. The van der Waals surface area contributed by atoms with Gasteiger partial charge in [0.1, 0.15) is 5.57 Å². The number of hydrogen-bond donors (Lipinski definition) is 1. The van der Waals surface area contributed by atoms with E-state index < -0.39 is 11.8 Å². The molecule has 2 aromatic carbocycles. The minimum atomic E-state index is -0.530. The van der Waals surface area contributed by atoms with Gasteiger partial charge in [0.15, 0.2) is 5.11 Å². The van der Waals surface area contributed by atoms with Crippen LogP contribution in [0.3, 0.4) is 0 Å². The molecule has 0 atom stereocenters. The van der Waals surface area contributed by atoms with Crippen molar-refractivity contribution in [2.24, 2.45) is 0 Å². The highest BCUT2D eigenvalue weighted by molar-refractivity contribution is 9.10. The normalized spacial score (nSPS) is 15.7. The number of aromatic nitrogens is 1. The van der Waals surface area contributed by atoms with E-state index in [1.807, 2.05) is 35.0 Å². The predicted octanol–water partition coefficient (Wildman–Crippen LogP) is 4.72. The molecular weight excluding hydrogens is 474 g/mol. The van der Waals surface area contributed by atoms with Crippen molar-refractivity contribution in [3.8, 4) is 5.69 Å². The van der Waals surface area contributed by atoms with Crippen molar-refractivity contribution in [2.75, 3.05) is 4.90 Å². The second-order valence-corrected chi connectivity index (χ2v) is 7.95. The number of nitrogens with zero attached hydrogens (tertiary/aromatic N) is 2. The van der Waals surface area contributed by atoms with Crippen LogP contribution < -0.4 is 10.2 Å². The van der Waals surface area contributed by atoms with Crippen LogP contribution in [0.2, 0.25) is 5.02 Å². The summed E-state index contributed by atoms with van der Waals surface area (Å²) in [7, 11) is 0. The van der Waals surface area contributed by atoms with Crippen molar-refractivity contribution >= 4 is 68.4 Å². The van der Waals surface area contributed by atoms with Gasteiger partial charge in [-0.3, -0.25) is 19.8 Å². The highest BCUT2D eigenvalue weighted by Gasteiger charge is 2.34. The quantitative estimate of drug-likeness (QED) is 0.331. The molecule has 0 saturated carbocycles. The number of rotatable bonds is 3. The second kappa shape index (κ2) is 7.94. The molecule has 3 aromatic rings. The monoisotopic (exact) mass is 485 g/mol. The van der Waals surface area contributed by atoms with Crippen LogP contribution in [0.4, 0.5) is 5.69 Å². The predicted molar refractivity (Wildman–Crippen MR) is 121 cm³/mol. The lowest BCUT2D eigenvalue weighted by molar-refractivity contribution is -0.122. The number of anilines is 1. The van der Waals surface area contributed by atoms with Gasteiger partial charge in [-0.05, 0) is 79.0 Å². The summed E-state index contributed by atoms with van der Waals surface area (Å²) in [4.78, 5) is 26.9. The van der Waals surface area contributed by atoms with Crippen LogP contribution in [0, 0.1) is 0 Å². The smallest absolute Gasteiger partial charge is 0.270 e. The fourth-order valence-electron chi connectivity index (χ4n) is 2.98. The van der Waals surface area contributed by atoms with E-state index in [0.717, 1.165) is 10.2 Å². The fourth-order valence-corrected chi connectivity index (χ4v) is 3.65. The van der Waals surface area contributed by atoms with E-state index in [2.05, 4.69) is 21.2 Å². The summed E-state index contributed by atoms with van der Waals surface area (Å²) in [5.74, 6) is -1.01. The molecule has 8 heteroatoms. The third-order valence-electron chi connectivity index (χ3n) is 4.36. The Kier molecular flexibility index (Phi) is 5.36. The highest BCUT2D eigenvalue weighted by Crippen LogP contribution is 2.25. The minimum Gasteiger partial charge on any atom is -0.317 e. The van der Waals surface area contributed by atoms with Crippen molar-refractivity contribution in [3.63, 3.8) is 0 Å². The molecule has 0 radical (unpaired) electrons. The molecule has 1 aliphatic rings. The van der Waals surface area contributed by atoms with Gasteiger partial charge in [-0.15, -0.1) is 0 Å². The molecule has 1 aromatic heterocycles. The lowest BCUT2D eigenvalue weighted by Crippen LogP contribution is -2.54. The maximum absolute atomic E-state index is 13.1. The Labute approximate surface area is 185 Å². The standard InChI is InChI=1S/C21H13BrClN3O2S/c22-13-3-7-16(8-4-13)26-20(28)18(19(27)24-21(26)29)12-17-2-1-11-25(17)15-9-5-14(23)6-10-15/h1-12H,(H,24,27,29)/b18-12+. The molecular formula is C21H13BrClN3O2S. The van der Waals surface area contributed by atoms with Gasteiger partial charge in [0.2, 0.25) is 0 Å². The summed E-state index contributed by atoms with van der Waals surface area (Å²) >= 11 is 14.6. The Balaban J connectivity index is 1.73. The first-order valence-electron chi connectivity index (χ1n) is 8.54. The molecule has 29 heavy (non-hydrogen) atoms. The molecule has 2 amide bonds. The molecule has 0 bridgehead atoms. The molecule has 1 N–H and O–H groups in total. The average Bonchev–Trinajstić information content (AvgIpc) is 3.15. The number of thiocarbonyl (C=S) groups is 1. The van der Waals surface area contributed by atoms with Gasteiger partial charge in [-0.2, -0.15) is 0 Å². The van der Waals surface area contributed by atoms with Gasteiger partial charge in [-0.25, -0.2) is 0 Å². The first-order chi connectivity index (χ1) is 13.9. The summed E-state index contributed by atoms with van der Waals surface area (Å²) in [5.41, 5.74) is 2.10. The lowest BCUT2D eigenvalue weighted by atomic mass is 10.1. The van der Waals surface area contributed by atoms with Gasteiger partial charge in [0.05, 0.1) is 5.69 Å². The van der Waals surface area contributed by atoms with Crippen LogP contribution in [-0.2, 0) is 9.59 Å². The van der Waals surface area contributed by atoms with E-state index in [-0.39, 0.29) is 10.7 Å². The second-order valence-electron chi connectivity index (χ2n) is 6.21. The summed E-state index contributed by atoms with van der Waals surface area (Å²) in [5, 5.41) is 3.27. The van der Waals surface area contributed by atoms with Crippen LogP contribution >= 0.6 is 39.7 Å². The molecule has 0 aliphatic carbocycles. The van der Waals surface area contributed by atoms with E-state index in [1.54, 1.807) is 42.5 Å². The third kappa shape index (κ3) is 3.89. The Hall–Kier alpha value is -2.74. The summed E-state index contributed by atoms with van der Waals surface area (Å²) in [6.07, 6.45) is 3.40. The van der Waals surface area contributed by atoms with Crippen molar-refractivity contribution in [2.45, 2.75) is 0 Å². The molecule has 1 aliphatic heterocycles. The zero-order chi connectivity index (χ0) is 20.5. The number of carbonyl (C=O) groups excluding carboxylic acids is 2. The Morgan fingerprint density at radius 1 is 0.966 bits per heavy atom. The number of amides is 2. The SMILES string of the molecule is O=C1NC(=S)N(c2ccc(Br)cc2)C(=O)/C1=C/c1cccn1-c1ccc(Cl)cc1. The Bertz CT molecular complexity index is 1150. The van der Waals surface area contributed by atoms with Crippen LogP contribution in [0.15, 0.2) is 76.9 Å². The number of carbonyl (C=O) groups is 2. The van der Waals surface area contributed by atoms with Gasteiger partial charge in [0, 0.05) is 27.1 Å². The summed E-state index contributed by atoms with van der Waals surface area (Å²) in [6.45, 7) is 0. The van der Waals surface area contributed by atoms with Gasteiger partial charge in [0.25, 0.3) is 11.8 Å². The number of benzene rings is 2. The summed E-state index contributed by atoms with van der Waals surface area (Å²) in [6, 6.07) is 18.0. The molecule has 1 fully saturated rings. The number of hydrogen-bond acceptors (Lipinski definition) is 3. The van der Waals surface area contributed by atoms with Crippen LogP contribution in [0.5, 0.6) is 0 Å². The van der Waals surface area contributed by atoms with E-state index in [0.29, 0.717) is 16.4 Å². The first-order valence-corrected chi connectivity index (χ1v) is 10.1. The van der Waals surface area contributed by atoms with E-state index in [1.165, 1.54) is 4.90 Å². The topological polar surface area (TPSA) is 54.3 Å². The zero-order valence-electron chi connectivity index (χ0n) is 14.8. The zero-order valence-corrected chi connectivity index (χ0v) is 18.0. The van der Waals surface area contributed by atoms with Crippen LogP contribution in [-0.4, -0.2) is 21.5 Å². The third-order valence-corrected chi connectivity index (χ3v) is 5.43. The maximum Gasteiger partial charge on any atom is 0.270 e. The lowest BCUT2D eigenvalue weighted by Gasteiger charge is -2.29. The van der Waals surface area contributed by atoms with Crippen molar-refractivity contribution in [1.82, 2.24) is 9.88 Å². The van der Waals surface area contributed by atoms with Crippen molar-refractivity contribution in [1.29, 1.82) is 0 Å². The van der Waals surface area contributed by atoms with Gasteiger partial charge >= 0.3 is 0 Å². The molecule has 0 spiro atoms. The van der Waals surface area contributed by atoms with E-state index in [4.69, 9.17) is 23.8 Å².